The standard InChI is InChI=1S/C14H18N2O2/c1-5-14(2,18-4)13(17)16(3)12-8-6-7-11(9-12)10-15/h6-9H,5H2,1-4H3. The Morgan fingerprint density at radius 2 is 2.22 bits per heavy atom. The smallest absolute Gasteiger partial charge is 0.258 e. The van der Waals surface area contributed by atoms with Crippen molar-refractivity contribution >= 4 is 11.6 Å². The van der Waals surface area contributed by atoms with Gasteiger partial charge in [-0.25, -0.2) is 0 Å². The van der Waals surface area contributed by atoms with Crippen LogP contribution in [0.5, 0.6) is 0 Å². The fraction of sp³-hybridized carbons (Fsp3) is 0.429. The average Bonchev–Trinajstić information content (AvgIpc) is 2.44. The van der Waals surface area contributed by atoms with Gasteiger partial charge in [0.05, 0.1) is 11.6 Å². The lowest BCUT2D eigenvalue weighted by atomic mass is 10.0. The van der Waals surface area contributed by atoms with E-state index < -0.39 is 5.60 Å². The number of amides is 1. The average molecular weight is 246 g/mol. The van der Waals surface area contributed by atoms with Crippen LogP contribution in [0.1, 0.15) is 25.8 Å². The van der Waals surface area contributed by atoms with Crippen molar-refractivity contribution in [2.75, 3.05) is 19.1 Å². The molecule has 0 heterocycles. The number of benzene rings is 1. The van der Waals surface area contributed by atoms with E-state index in [0.29, 0.717) is 17.7 Å². The number of methoxy groups -OCH3 is 1. The fourth-order valence-electron chi connectivity index (χ4n) is 1.64. The van der Waals surface area contributed by atoms with E-state index in [2.05, 4.69) is 6.07 Å². The highest BCUT2D eigenvalue weighted by molar-refractivity contribution is 5.98. The van der Waals surface area contributed by atoms with Crippen LogP contribution in [0.4, 0.5) is 5.69 Å². The van der Waals surface area contributed by atoms with E-state index in [9.17, 15) is 4.79 Å². The molecule has 0 aromatic heterocycles. The highest BCUT2D eigenvalue weighted by atomic mass is 16.5. The maximum atomic E-state index is 12.3. The molecule has 0 bridgehead atoms. The van der Waals surface area contributed by atoms with Crippen LogP contribution in [-0.4, -0.2) is 25.7 Å². The van der Waals surface area contributed by atoms with E-state index in [-0.39, 0.29) is 5.91 Å². The molecule has 0 radical (unpaired) electrons. The van der Waals surface area contributed by atoms with Gasteiger partial charge in [-0.15, -0.1) is 0 Å². The van der Waals surface area contributed by atoms with E-state index in [1.54, 1.807) is 38.2 Å². The van der Waals surface area contributed by atoms with E-state index in [4.69, 9.17) is 10.00 Å². The third-order valence-corrected chi connectivity index (χ3v) is 3.24. The normalized spacial score (nSPS) is 13.5. The number of rotatable bonds is 4. The Kier molecular flexibility index (Phi) is 4.46. The zero-order valence-electron chi connectivity index (χ0n) is 11.2. The number of nitriles is 1. The maximum Gasteiger partial charge on any atom is 0.258 e. The first-order valence-corrected chi connectivity index (χ1v) is 5.82. The molecule has 0 N–H and O–H groups in total. The van der Waals surface area contributed by atoms with E-state index in [0.717, 1.165) is 0 Å². The predicted molar refractivity (Wildman–Crippen MR) is 70.3 cm³/mol. The zero-order chi connectivity index (χ0) is 13.8. The first kappa shape index (κ1) is 14.2. The summed E-state index contributed by atoms with van der Waals surface area (Å²) in [7, 11) is 3.21. The molecular weight excluding hydrogens is 228 g/mol. The molecule has 0 aliphatic carbocycles. The van der Waals surface area contributed by atoms with Crippen molar-refractivity contribution in [1.82, 2.24) is 0 Å². The van der Waals surface area contributed by atoms with Crippen LogP contribution in [0.25, 0.3) is 0 Å². The number of carbonyl (C=O) groups is 1. The third kappa shape index (κ3) is 2.69. The molecule has 96 valence electrons. The van der Waals surface area contributed by atoms with Crippen LogP contribution in [0.15, 0.2) is 24.3 Å². The number of anilines is 1. The Hall–Kier alpha value is -1.86. The van der Waals surface area contributed by atoms with Gasteiger partial charge < -0.3 is 9.64 Å². The van der Waals surface area contributed by atoms with Crippen molar-refractivity contribution in [2.24, 2.45) is 0 Å². The highest BCUT2D eigenvalue weighted by Crippen LogP contribution is 2.22. The number of hydrogen-bond donors (Lipinski definition) is 0. The summed E-state index contributed by atoms with van der Waals surface area (Å²) in [5.74, 6) is -0.123. The van der Waals surface area contributed by atoms with Gasteiger partial charge in [-0.1, -0.05) is 13.0 Å². The van der Waals surface area contributed by atoms with Gasteiger partial charge in [0.2, 0.25) is 0 Å². The monoisotopic (exact) mass is 246 g/mol. The first-order valence-electron chi connectivity index (χ1n) is 5.82. The Balaban J connectivity index is 3.03. The van der Waals surface area contributed by atoms with E-state index in [1.807, 2.05) is 6.92 Å². The van der Waals surface area contributed by atoms with Crippen molar-refractivity contribution in [2.45, 2.75) is 25.9 Å². The highest BCUT2D eigenvalue weighted by Gasteiger charge is 2.34. The first-order chi connectivity index (χ1) is 8.48. The van der Waals surface area contributed by atoms with Gasteiger partial charge in [0.1, 0.15) is 5.60 Å². The van der Waals surface area contributed by atoms with Gasteiger partial charge in [-0.05, 0) is 31.5 Å². The van der Waals surface area contributed by atoms with Gasteiger partial charge >= 0.3 is 0 Å². The van der Waals surface area contributed by atoms with Crippen LogP contribution in [0.2, 0.25) is 0 Å². The summed E-state index contributed by atoms with van der Waals surface area (Å²) in [5, 5.41) is 8.86. The number of ether oxygens (including phenoxy) is 1. The molecule has 1 amide bonds. The number of likely N-dealkylation sites (N-methyl/N-ethyl adjacent to an activating group) is 1. The van der Waals surface area contributed by atoms with Gasteiger partial charge in [0, 0.05) is 19.8 Å². The minimum absolute atomic E-state index is 0.123. The molecule has 0 aliphatic rings. The van der Waals surface area contributed by atoms with Gasteiger partial charge in [-0.2, -0.15) is 5.26 Å². The lowest BCUT2D eigenvalue weighted by molar-refractivity contribution is -0.138. The van der Waals surface area contributed by atoms with E-state index >= 15 is 0 Å². The third-order valence-electron chi connectivity index (χ3n) is 3.24. The summed E-state index contributed by atoms with van der Waals surface area (Å²) >= 11 is 0. The summed E-state index contributed by atoms with van der Waals surface area (Å²) in [5.41, 5.74) is 0.385. The Morgan fingerprint density at radius 1 is 1.56 bits per heavy atom. The number of carbonyl (C=O) groups excluding carboxylic acids is 1. The molecule has 0 fully saturated rings. The largest absolute Gasteiger partial charge is 0.369 e. The Morgan fingerprint density at radius 3 is 2.72 bits per heavy atom. The van der Waals surface area contributed by atoms with E-state index in [1.165, 1.54) is 12.0 Å². The van der Waals surface area contributed by atoms with Crippen molar-refractivity contribution in [3.8, 4) is 6.07 Å². The second kappa shape index (κ2) is 5.65. The molecule has 1 rings (SSSR count). The maximum absolute atomic E-state index is 12.3. The topological polar surface area (TPSA) is 53.3 Å². The molecule has 4 nitrogen and oxygen atoms in total. The molecule has 1 aromatic carbocycles. The van der Waals surface area contributed by atoms with Gasteiger partial charge in [0.25, 0.3) is 5.91 Å². The number of hydrogen-bond acceptors (Lipinski definition) is 3. The minimum atomic E-state index is -0.836. The summed E-state index contributed by atoms with van der Waals surface area (Å²) in [6.45, 7) is 3.67. The molecule has 0 spiro atoms. The summed E-state index contributed by atoms with van der Waals surface area (Å²) in [6, 6.07) is 9.00. The second-order valence-electron chi connectivity index (χ2n) is 4.31. The van der Waals surface area contributed by atoms with Crippen molar-refractivity contribution in [3.05, 3.63) is 29.8 Å². The van der Waals surface area contributed by atoms with Crippen LogP contribution in [0.3, 0.4) is 0 Å². The molecule has 0 saturated carbocycles. The van der Waals surface area contributed by atoms with Crippen molar-refractivity contribution in [1.29, 1.82) is 5.26 Å². The molecule has 1 unspecified atom stereocenters. The molecule has 0 saturated heterocycles. The Bertz CT molecular complexity index is 473. The summed E-state index contributed by atoms with van der Waals surface area (Å²) < 4.78 is 5.29. The molecule has 1 atom stereocenters. The molecular formula is C14H18N2O2. The summed E-state index contributed by atoms with van der Waals surface area (Å²) in [4.78, 5) is 13.9. The van der Waals surface area contributed by atoms with Crippen molar-refractivity contribution in [3.63, 3.8) is 0 Å². The van der Waals surface area contributed by atoms with Crippen molar-refractivity contribution < 1.29 is 9.53 Å². The van der Waals surface area contributed by atoms with Crippen LogP contribution >= 0.6 is 0 Å². The molecule has 0 aliphatic heterocycles. The molecule has 1 aromatic rings. The number of nitrogens with zero attached hydrogens (tertiary/aromatic N) is 2. The summed E-state index contributed by atoms with van der Waals surface area (Å²) in [6.07, 6.45) is 0.588. The van der Waals surface area contributed by atoms with Gasteiger partial charge in [-0.3, -0.25) is 4.79 Å². The van der Waals surface area contributed by atoms with Crippen LogP contribution < -0.4 is 4.90 Å². The molecule has 4 heteroatoms. The quantitative estimate of drug-likeness (QED) is 0.819. The molecule has 18 heavy (non-hydrogen) atoms. The van der Waals surface area contributed by atoms with Crippen LogP contribution in [-0.2, 0) is 9.53 Å². The lowest BCUT2D eigenvalue weighted by Crippen LogP contribution is -2.46. The second-order valence-corrected chi connectivity index (χ2v) is 4.31. The predicted octanol–water partition coefficient (Wildman–Crippen LogP) is 2.34. The fourth-order valence-corrected chi connectivity index (χ4v) is 1.64. The van der Waals surface area contributed by atoms with Crippen LogP contribution in [0, 0.1) is 11.3 Å². The Labute approximate surface area is 108 Å². The minimum Gasteiger partial charge on any atom is -0.369 e. The zero-order valence-corrected chi connectivity index (χ0v) is 11.2. The SMILES string of the molecule is CCC(C)(OC)C(=O)N(C)c1cccc(C#N)c1. The lowest BCUT2D eigenvalue weighted by Gasteiger charge is -2.30. The van der Waals surface area contributed by atoms with Gasteiger partial charge in [0.15, 0.2) is 0 Å².